The summed E-state index contributed by atoms with van der Waals surface area (Å²) >= 11 is 5.44. The van der Waals surface area contributed by atoms with E-state index in [4.69, 9.17) is 16.3 Å². The van der Waals surface area contributed by atoms with E-state index in [1.54, 1.807) is 13.8 Å². The van der Waals surface area contributed by atoms with E-state index in [9.17, 15) is 4.79 Å². The molecule has 1 aromatic carbocycles. The number of benzene rings is 1. The van der Waals surface area contributed by atoms with Crippen LogP contribution in [0, 0.1) is 12.3 Å². The Kier molecular flexibility index (Phi) is 3.75. The van der Waals surface area contributed by atoms with Crippen molar-refractivity contribution in [1.29, 1.82) is 0 Å². The minimum absolute atomic E-state index is 0.290. The first-order valence-corrected chi connectivity index (χ1v) is 5.19. The topological polar surface area (TPSA) is 26.3 Å². The number of ether oxygens (including phenoxy) is 1. The van der Waals surface area contributed by atoms with Gasteiger partial charge in [0.15, 0.2) is 0 Å². The summed E-state index contributed by atoms with van der Waals surface area (Å²) in [6, 6.07) is 7.68. The second kappa shape index (κ2) is 4.67. The normalized spacial score (nSPS) is 11.2. The highest BCUT2D eigenvalue weighted by Crippen LogP contribution is 2.21. The average molecular weight is 227 g/mol. The molecule has 0 N–H and O–H groups in total. The van der Waals surface area contributed by atoms with Gasteiger partial charge in [0, 0.05) is 0 Å². The number of rotatable bonds is 4. The van der Waals surface area contributed by atoms with Crippen LogP contribution in [0.25, 0.3) is 0 Å². The zero-order valence-corrected chi connectivity index (χ0v) is 9.97. The summed E-state index contributed by atoms with van der Waals surface area (Å²) < 4.78 is 5.48. The molecule has 0 heterocycles. The first-order valence-electron chi connectivity index (χ1n) is 4.81. The number of carbonyl (C=O) groups is 1. The molecule has 0 spiro atoms. The summed E-state index contributed by atoms with van der Waals surface area (Å²) in [4.78, 5) is 11.0. The van der Waals surface area contributed by atoms with Crippen LogP contribution in [0.4, 0.5) is 0 Å². The Hall–Kier alpha value is -1.02. The number of carbonyl (C=O) groups excluding carboxylic acids is 1. The highest BCUT2D eigenvalue weighted by atomic mass is 35.5. The van der Waals surface area contributed by atoms with E-state index >= 15 is 0 Å². The van der Waals surface area contributed by atoms with E-state index in [1.807, 2.05) is 31.2 Å². The molecular weight excluding hydrogens is 212 g/mol. The Labute approximate surface area is 95.2 Å². The summed E-state index contributed by atoms with van der Waals surface area (Å²) in [5.41, 5.74) is 0.530. The molecule has 1 rings (SSSR count). The Morgan fingerprint density at radius 3 is 2.33 bits per heavy atom. The van der Waals surface area contributed by atoms with E-state index < -0.39 is 5.41 Å². The monoisotopic (exact) mass is 226 g/mol. The predicted octanol–water partition coefficient (Wildman–Crippen LogP) is 3.17. The molecule has 1 aromatic rings. The Balaban J connectivity index is 2.57. The lowest BCUT2D eigenvalue weighted by Crippen LogP contribution is -2.27. The lowest BCUT2D eigenvalue weighted by molar-refractivity contribution is -0.120. The smallest absolute Gasteiger partial charge is 0.230 e. The van der Waals surface area contributed by atoms with Crippen LogP contribution in [0.1, 0.15) is 19.4 Å². The summed E-state index contributed by atoms with van der Waals surface area (Å²) in [7, 11) is 0. The van der Waals surface area contributed by atoms with Gasteiger partial charge in [0.25, 0.3) is 0 Å². The van der Waals surface area contributed by atoms with Crippen LogP contribution in [0.15, 0.2) is 24.3 Å². The predicted molar refractivity (Wildman–Crippen MR) is 61.3 cm³/mol. The fraction of sp³-hybridized carbons (Fsp3) is 0.417. The van der Waals surface area contributed by atoms with Gasteiger partial charge in [-0.15, -0.1) is 0 Å². The second-order valence-corrected chi connectivity index (χ2v) is 4.60. The Morgan fingerprint density at radius 1 is 1.33 bits per heavy atom. The van der Waals surface area contributed by atoms with Crippen LogP contribution in [0.3, 0.4) is 0 Å². The van der Waals surface area contributed by atoms with Crippen molar-refractivity contribution in [3.05, 3.63) is 29.8 Å². The van der Waals surface area contributed by atoms with E-state index in [2.05, 4.69) is 0 Å². The molecule has 0 atom stereocenters. The standard InChI is InChI=1S/C12H15ClO2/c1-9-4-6-10(7-5-9)15-8-12(2,3)11(13)14/h4-7H,8H2,1-3H3. The van der Waals surface area contributed by atoms with Gasteiger partial charge < -0.3 is 4.74 Å². The van der Waals surface area contributed by atoms with Crippen LogP contribution in [-0.2, 0) is 4.79 Å². The van der Waals surface area contributed by atoms with Gasteiger partial charge in [0.2, 0.25) is 5.24 Å². The van der Waals surface area contributed by atoms with Crippen LogP contribution in [0.2, 0.25) is 0 Å². The third kappa shape index (κ3) is 3.56. The minimum atomic E-state index is -0.646. The molecule has 0 aliphatic heterocycles. The quantitative estimate of drug-likeness (QED) is 0.738. The van der Waals surface area contributed by atoms with E-state index in [0.29, 0.717) is 6.61 Å². The number of aryl methyl sites for hydroxylation is 1. The number of hydrogen-bond donors (Lipinski definition) is 0. The van der Waals surface area contributed by atoms with Gasteiger partial charge in [0.05, 0.1) is 5.41 Å². The first kappa shape index (κ1) is 12.1. The largest absolute Gasteiger partial charge is 0.493 e. The van der Waals surface area contributed by atoms with Crippen molar-refractivity contribution in [2.75, 3.05) is 6.61 Å². The molecule has 0 saturated heterocycles. The summed E-state index contributed by atoms with van der Waals surface area (Å²) in [5.74, 6) is 0.756. The third-order valence-electron chi connectivity index (χ3n) is 2.15. The van der Waals surface area contributed by atoms with Crippen molar-refractivity contribution in [2.45, 2.75) is 20.8 Å². The maximum atomic E-state index is 11.0. The first-order chi connectivity index (χ1) is 6.92. The molecule has 0 saturated carbocycles. The molecule has 0 radical (unpaired) electrons. The highest BCUT2D eigenvalue weighted by Gasteiger charge is 2.26. The molecule has 0 fully saturated rings. The Bertz CT molecular complexity index is 341. The molecular formula is C12H15ClO2. The van der Waals surface area contributed by atoms with Gasteiger partial charge in [-0.1, -0.05) is 17.7 Å². The van der Waals surface area contributed by atoms with Gasteiger partial charge >= 0.3 is 0 Å². The average Bonchev–Trinajstić information content (AvgIpc) is 2.17. The van der Waals surface area contributed by atoms with Gasteiger partial charge in [0.1, 0.15) is 12.4 Å². The van der Waals surface area contributed by atoms with Crippen molar-refractivity contribution in [3.8, 4) is 5.75 Å². The molecule has 15 heavy (non-hydrogen) atoms. The van der Waals surface area contributed by atoms with E-state index in [0.717, 1.165) is 5.75 Å². The number of hydrogen-bond acceptors (Lipinski definition) is 2. The summed E-state index contributed by atoms with van der Waals surface area (Å²) in [6.07, 6.45) is 0. The molecule has 0 aliphatic carbocycles. The molecule has 0 aromatic heterocycles. The van der Waals surface area contributed by atoms with Gasteiger partial charge in [-0.2, -0.15) is 0 Å². The van der Waals surface area contributed by atoms with E-state index in [1.165, 1.54) is 5.56 Å². The Morgan fingerprint density at radius 2 is 1.87 bits per heavy atom. The van der Waals surface area contributed by atoms with Crippen molar-refractivity contribution < 1.29 is 9.53 Å². The van der Waals surface area contributed by atoms with Crippen LogP contribution in [-0.4, -0.2) is 11.8 Å². The summed E-state index contributed by atoms with van der Waals surface area (Å²) in [6.45, 7) is 5.82. The third-order valence-corrected chi connectivity index (χ3v) is 2.66. The zero-order valence-electron chi connectivity index (χ0n) is 9.21. The zero-order chi connectivity index (χ0) is 11.5. The van der Waals surface area contributed by atoms with Gasteiger partial charge in [-0.3, -0.25) is 4.79 Å². The molecule has 82 valence electrons. The summed E-state index contributed by atoms with van der Waals surface area (Å²) in [5, 5.41) is -0.380. The molecule has 0 amide bonds. The van der Waals surface area contributed by atoms with Crippen LogP contribution >= 0.6 is 11.6 Å². The lowest BCUT2D eigenvalue weighted by atomic mass is 9.97. The van der Waals surface area contributed by atoms with Crippen molar-refractivity contribution >= 4 is 16.8 Å². The van der Waals surface area contributed by atoms with E-state index in [-0.39, 0.29) is 5.24 Å². The SMILES string of the molecule is Cc1ccc(OCC(C)(C)C(=O)Cl)cc1. The van der Waals surface area contributed by atoms with Gasteiger partial charge in [-0.05, 0) is 44.5 Å². The molecule has 2 nitrogen and oxygen atoms in total. The minimum Gasteiger partial charge on any atom is -0.493 e. The van der Waals surface area contributed by atoms with Crippen molar-refractivity contribution in [2.24, 2.45) is 5.41 Å². The van der Waals surface area contributed by atoms with Crippen LogP contribution in [0.5, 0.6) is 5.75 Å². The van der Waals surface area contributed by atoms with Crippen molar-refractivity contribution in [3.63, 3.8) is 0 Å². The van der Waals surface area contributed by atoms with Crippen molar-refractivity contribution in [1.82, 2.24) is 0 Å². The highest BCUT2D eigenvalue weighted by molar-refractivity contribution is 6.64. The fourth-order valence-electron chi connectivity index (χ4n) is 0.955. The number of halogens is 1. The maximum absolute atomic E-state index is 11.0. The lowest BCUT2D eigenvalue weighted by Gasteiger charge is -2.19. The molecule has 0 unspecified atom stereocenters. The molecule has 0 bridgehead atoms. The second-order valence-electron chi connectivity index (χ2n) is 4.26. The molecule has 3 heteroatoms. The fourth-order valence-corrected chi connectivity index (χ4v) is 1.01. The van der Waals surface area contributed by atoms with Gasteiger partial charge in [-0.25, -0.2) is 0 Å². The maximum Gasteiger partial charge on any atom is 0.230 e. The molecule has 0 aliphatic rings. The van der Waals surface area contributed by atoms with Crippen LogP contribution < -0.4 is 4.74 Å².